The summed E-state index contributed by atoms with van der Waals surface area (Å²) in [7, 11) is -7.38. The van der Waals surface area contributed by atoms with Crippen LogP contribution in [0.1, 0.15) is 27.2 Å². The zero-order valence-corrected chi connectivity index (χ0v) is 15.4. The normalized spacial score (nSPS) is 23.1. The molecule has 1 rings (SSSR count). The van der Waals surface area contributed by atoms with E-state index in [1.807, 2.05) is 0 Å². The highest BCUT2D eigenvalue weighted by Crippen LogP contribution is 2.24. The van der Waals surface area contributed by atoms with Crippen LogP contribution in [-0.2, 0) is 33.3 Å². The van der Waals surface area contributed by atoms with E-state index in [-0.39, 0.29) is 19.6 Å². The van der Waals surface area contributed by atoms with Crippen molar-refractivity contribution in [2.24, 2.45) is 0 Å². The van der Waals surface area contributed by atoms with Gasteiger partial charge in [-0.2, -0.15) is 16.8 Å². The van der Waals surface area contributed by atoms with Crippen LogP contribution >= 0.6 is 0 Å². The lowest BCUT2D eigenvalue weighted by molar-refractivity contribution is 0.0178. The summed E-state index contributed by atoms with van der Waals surface area (Å²) in [6, 6.07) is -0.661. The Hall–Kier alpha value is -0.910. The number of rotatable bonds is 5. The van der Waals surface area contributed by atoms with E-state index in [1.165, 1.54) is 4.90 Å². The van der Waals surface area contributed by atoms with E-state index in [4.69, 9.17) is 13.1 Å². The van der Waals surface area contributed by atoms with Crippen molar-refractivity contribution < 1.29 is 34.7 Å². The summed E-state index contributed by atoms with van der Waals surface area (Å²) in [5.74, 6) is 0. The van der Waals surface area contributed by atoms with Crippen LogP contribution in [0.5, 0.6) is 0 Å². The molecule has 1 amide bonds. The number of nitrogens with zero attached hydrogens (tertiary/aromatic N) is 1. The average Bonchev–Trinajstić information content (AvgIpc) is 2.63. The van der Waals surface area contributed by atoms with E-state index in [9.17, 15) is 21.6 Å². The third-order valence-corrected chi connectivity index (χ3v) is 3.98. The third kappa shape index (κ3) is 7.95. The Labute approximate surface area is 137 Å². The summed E-state index contributed by atoms with van der Waals surface area (Å²) in [5, 5.41) is 0. The highest BCUT2D eigenvalue weighted by Gasteiger charge is 2.40. The Morgan fingerprint density at radius 2 is 1.70 bits per heavy atom. The summed E-state index contributed by atoms with van der Waals surface area (Å²) >= 11 is 0. The number of hydrogen-bond donors (Lipinski definition) is 0. The number of likely N-dealkylation sites (tertiary alicyclic amines) is 1. The summed E-state index contributed by atoms with van der Waals surface area (Å²) in [4.78, 5) is 13.4. The molecule has 0 unspecified atom stereocenters. The minimum absolute atomic E-state index is 0.0280. The molecule has 2 atom stereocenters. The molecule has 0 spiro atoms. The van der Waals surface area contributed by atoms with Crippen molar-refractivity contribution in [3.05, 3.63) is 0 Å². The molecule has 0 aromatic heterocycles. The fourth-order valence-electron chi connectivity index (χ4n) is 2.09. The molecule has 1 aliphatic heterocycles. The predicted octanol–water partition coefficient (Wildman–Crippen LogP) is 0.317. The van der Waals surface area contributed by atoms with E-state index >= 15 is 0 Å². The number of amides is 1. The molecular formula is C12H23NO8S2. The molecule has 136 valence electrons. The van der Waals surface area contributed by atoms with Gasteiger partial charge in [0.15, 0.2) is 0 Å². The first kappa shape index (κ1) is 20.1. The average molecular weight is 373 g/mol. The second-order valence-corrected chi connectivity index (χ2v) is 9.68. The van der Waals surface area contributed by atoms with Crippen LogP contribution in [0.25, 0.3) is 0 Å². The van der Waals surface area contributed by atoms with Crippen LogP contribution < -0.4 is 0 Å². The molecule has 1 aliphatic rings. The fraction of sp³-hybridized carbons (Fsp3) is 0.917. The predicted molar refractivity (Wildman–Crippen MR) is 81.9 cm³/mol. The van der Waals surface area contributed by atoms with Gasteiger partial charge in [0, 0.05) is 0 Å². The van der Waals surface area contributed by atoms with Crippen LogP contribution in [0.4, 0.5) is 4.79 Å². The van der Waals surface area contributed by atoms with Gasteiger partial charge < -0.3 is 9.64 Å². The van der Waals surface area contributed by atoms with Gasteiger partial charge in [0.25, 0.3) is 20.2 Å². The van der Waals surface area contributed by atoms with Gasteiger partial charge in [-0.3, -0.25) is 8.37 Å². The van der Waals surface area contributed by atoms with E-state index in [0.717, 1.165) is 12.5 Å². The Morgan fingerprint density at radius 3 is 2.13 bits per heavy atom. The molecule has 1 saturated heterocycles. The van der Waals surface area contributed by atoms with E-state index in [1.54, 1.807) is 20.8 Å². The Kier molecular flexibility index (Phi) is 6.05. The molecule has 0 saturated carbocycles. The first-order chi connectivity index (χ1) is 10.2. The van der Waals surface area contributed by atoms with Gasteiger partial charge in [0.2, 0.25) is 0 Å². The minimum atomic E-state index is -3.70. The van der Waals surface area contributed by atoms with Crippen molar-refractivity contribution in [1.82, 2.24) is 4.90 Å². The van der Waals surface area contributed by atoms with Gasteiger partial charge in [0.1, 0.15) is 5.60 Å². The molecule has 0 aromatic rings. The molecule has 23 heavy (non-hydrogen) atoms. The topological polar surface area (TPSA) is 116 Å². The smallest absolute Gasteiger partial charge is 0.410 e. The van der Waals surface area contributed by atoms with Crippen LogP contribution in [0.3, 0.4) is 0 Å². The van der Waals surface area contributed by atoms with Crippen LogP contribution in [0.15, 0.2) is 0 Å². The molecule has 0 aromatic carbocycles. The van der Waals surface area contributed by atoms with Crippen molar-refractivity contribution in [1.29, 1.82) is 0 Å². The Morgan fingerprint density at radius 1 is 1.13 bits per heavy atom. The lowest BCUT2D eigenvalue weighted by Gasteiger charge is -2.28. The molecule has 11 heteroatoms. The van der Waals surface area contributed by atoms with Crippen molar-refractivity contribution >= 4 is 26.3 Å². The number of ether oxygens (including phenoxy) is 1. The molecule has 0 radical (unpaired) electrons. The molecule has 1 fully saturated rings. The van der Waals surface area contributed by atoms with E-state index in [0.29, 0.717) is 0 Å². The molecule has 1 heterocycles. The Bertz CT molecular complexity index is 634. The monoisotopic (exact) mass is 373 g/mol. The van der Waals surface area contributed by atoms with Gasteiger partial charge in [-0.15, -0.1) is 0 Å². The van der Waals surface area contributed by atoms with Crippen LogP contribution in [-0.4, -0.2) is 71.2 Å². The zero-order valence-electron chi connectivity index (χ0n) is 13.8. The molecule has 0 bridgehead atoms. The van der Waals surface area contributed by atoms with Crippen molar-refractivity contribution in [2.75, 3.05) is 25.7 Å². The van der Waals surface area contributed by atoms with Gasteiger partial charge in [0.05, 0.1) is 37.8 Å². The van der Waals surface area contributed by atoms with Crippen molar-refractivity contribution in [2.45, 2.75) is 44.9 Å². The molecule has 0 aliphatic carbocycles. The lowest BCUT2D eigenvalue weighted by atomic mass is 10.2. The SMILES string of the molecule is CC(C)(C)OC(=O)N1C[C@@H](OS(C)(=O)=O)C[C@H]1COS(C)(=O)=O. The van der Waals surface area contributed by atoms with Crippen molar-refractivity contribution in [3.8, 4) is 0 Å². The zero-order chi connectivity index (χ0) is 18.1. The van der Waals surface area contributed by atoms with Crippen molar-refractivity contribution in [3.63, 3.8) is 0 Å². The fourth-order valence-corrected chi connectivity index (χ4v) is 3.13. The van der Waals surface area contributed by atoms with Gasteiger partial charge in [-0.05, 0) is 27.2 Å². The first-order valence-corrected chi connectivity index (χ1v) is 10.5. The number of carbonyl (C=O) groups excluding carboxylic acids is 1. The minimum Gasteiger partial charge on any atom is -0.444 e. The molecular weight excluding hydrogens is 350 g/mol. The van der Waals surface area contributed by atoms with Crippen LogP contribution in [0, 0.1) is 0 Å². The largest absolute Gasteiger partial charge is 0.444 e. The molecule has 9 nitrogen and oxygen atoms in total. The lowest BCUT2D eigenvalue weighted by Crippen LogP contribution is -2.42. The van der Waals surface area contributed by atoms with Gasteiger partial charge in [-0.1, -0.05) is 0 Å². The second kappa shape index (κ2) is 6.91. The maximum Gasteiger partial charge on any atom is 0.410 e. The summed E-state index contributed by atoms with van der Waals surface area (Å²) < 4.78 is 59.6. The number of carbonyl (C=O) groups is 1. The number of hydrogen-bond acceptors (Lipinski definition) is 8. The van der Waals surface area contributed by atoms with Gasteiger partial charge in [-0.25, -0.2) is 4.79 Å². The first-order valence-electron chi connectivity index (χ1n) is 6.88. The second-order valence-electron chi connectivity index (χ2n) is 6.43. The highest BCUT2D eigenvalue weighted by atomic mass is 32.2. The van der Waals surface area contributed by atoms with Gasteiger partial charge >= 0.3 is 6.09 Å². The van der Waals surface area contributed by atoms with E-state index in [2.05, 4.69) is 0 Å². The summed E-state index contributed by atoms with van der Waals surface area (Å²) in [6.07, 6.45) is 0.474. The maximum atomic E-state index is 12.2. The van der Waals surface area contributed by atoms with Crippen LogP contribution in [0.2, 0.25) is 0 Å². The highest BCUT2D eigenvalue weighted by molar-refractivity contribution is 7.86. The molecule has 0 N–H and O–H groups in total. The summed E-state index contributed by atoms with van der Waals surface area (Å²) in [5.41, 5.74) is -0.741. The quantitative estimate of drug-likeness (QED) is 0.633. The van der Waals surface area contributed by atoms with E-state index < -0.39 is 44.1 Å². The standard InChI is InChI=1S/C12H23NO8S2/c1-12(2,3)20-11(14)13-7-10(21-23(5,17)18)6-9(13)8-19-22(4,15)16/h9-10H,6-8H2,1-5H3/t9-,10-/m0/s1. The Balaban J connectivity index is 2.85. The maximum absolute atomic E-state index is 12.2. The summed E-state index contributed by atoms with van der Waals surface area (Å²) in [6.45, 7) is 4.75. The third-order valence-electron chi connectivity index (χ3n) is 2.79.